The van der Waals surface area contributed by atoms with E-state index in [0.717, 1.165) is 14.2 Å². The minimum atomic E-state index is -4.82. The number of methoxy groups -OCH3 is 2. The van der Waals surface area contributed by atoms with Crippen LogP contribution in [0.4, 0.5) is 87.8 Å². The van der Waals surface area contributed by atoms with Crippen LogP contribution in [0.2, 0.25) is 0 Å². The van der Waals surface area contributed by atoms with Gasteiger partial charge in [0, 0.05) is 33.4 Å². The number of rotatable bonds is 14. The third kappa shape index (κ3) is 8.60. The number of ether oxygens (including phenoxy) is 2. The quantitative estimate of drug-likeness (QED) is 0.0375. The molecule has 2 N–H and O–H groups in total. The Labute approximate surface area is 426 Å². The lowest BCUT2D eigenvalue weighted by atomic mass is 9.73. The number of quaternary nitrogens is 1. The van der Waals surface area contributed by atoms with Crippen molar-refractivity contribution in [2.45, 2.75) is 63.8 Å². The van der Waals surface area contributed by atoms with Crippen molar-refractivity contribution in [2.24, 2.45) is 0 Å². The topological polar surface area (TPSA) is 58.9 Å². The van der Waals surface area contributed by atoms with Crippen LogP contribution in [-0.4, -0.2) is 42.0 Å². The fraction of sp³-hybridized carbons (Fsp3) is 0.280. The number of halogens is 21. The highest BCUT2D eigenvalue weighted by Crippen LogP contribution is 2.56. The Balaban J connectivity index is 0.00000937. The van der Waals surface area contributed by atoms with Crippen LogP contribution in [0.15, 0.2) is 24.3 Å². The number of hydrogen-bond acceptors (Lipinski definition) is 4. The number of benzene rings is 6. The van der Waals surface area contributed by atoms with Crippen molar-refractivity contribution in [3.8, 4) is 22.6 Å². The summed E-state index contributed by atoms with van der Waals surface area (Å²) in [6.07, 6.45) is 0.290. The Morgan fingerprint density at radius 2 is 0.592 bits per heavy atom. The lowest BCUT2D eigenvalue weighted by Crippen LogP contribution is -3.00. The van der Waals surface area contributed by atoms with Crippen molar-refractivity contribution < 1.29 is 129 Å². The van der Waals surface area contributed by atoms with E-state index < -0.39 is 212 Å². The van der Waals surface area contributed by atoms with Gasteiger partial charge in [0.25, 0.3) is 0 Å². The highest BCUT2D eigenvalue weighted by atomic mass is 79.9. The first-order chi connectivity index (χ1) is 35.1. The molecule has 0 amide bonds. The summed E-state index contributed by atoms with van der Waals surface area (Å²) in [6.45, 7) is 0.418. The molecule has 6 aromatic rings. The van der Waals surface area contributed by atoms with Crippen molar-refractivity contribution in [1.82, 2.24) is 0 Å². The molecule has 7 rings (SSSR count). The average Bonchev–Trinajstić information content (AvgIpc) is 3.55. The SMILES string of the molecule is CCCC[N+]1(CCCC)Cc2c(C(O)(c3c(F)c(F)c(F)c(F)c3F)c3c(F)c(F)c(F)c(F)c3F)ccc(OC)c2-c2c(OC)ccc(C(O)(c3c(F)c(F)c(F)c(F)c3F)c3c(F)c(F)c(F)c(F)c3F)c2C1.[Br-]. The molecule has 0 saturated carbocycles. The first-order valence-corrected chi connectivity index (χ1v) is 21.9. The summed E-state index contributed by atoms with van der Waals surface area (Å²) >= 11 is 0. The smallest absolute Gasteiger partial charge is 0.200 e. The maximum Gasteiger partial charge on any atom is 0.200 e. The minimum absolute atomic E-state index is 0. The molecule has 410 valence electrons. The van der Waals surface area contributed by atoms with E-state index in [2.05, 4.69) is 0 Å². The Kier molecular flexibility index (Phi) is 16.6. The number of nitrogens with zero attached hydrogens (tertiary/aromatic N) is 1. The van der Waals surface area contributed by atoms with Crippen molar-refractivity contribution in [3.05, 3.63) is 185 Å². The summed E-state index contributed by atoms with van der Waals surface area (Å²) in [5.41, 5.74) is -27.0. The summed E-state index contributed by atoms with van der Waals surface area (Å²) in [4.78, 5) is 0. The summed E-state index contributed by atoms with van der Waals surface area (Å²) in [6, 6.07) is 1.99. The van der Waals surface area contributed by atoms with Gasteiger partial charge in [0.2, 0.25) is 23.3 Å². The largest absolute Gasteiger partial charge is 1.00 e. The molecule has 1 aliphatic heterocycles. The summed E-state index contributed by atoms with van der Waals surface area (Å²) in [7, 11) is 1.65. The van der Waals surface area contributed by atoms with E-state index in [-0.39, 0.29) is 55.8 Å². The van der Waals surface area contributed by atoms with Gasteiger partial charge in [0.15, 0.2) is 104 Å². The Bertz CT molecular complexity index is 2880. The van der Waals surface area contributed by atoms with Crippen molar-refractivity contribution in [2.75, 3.05) is 27.3 Å². The minimum Gasteiger partial charge on any atom is -1.00 e. The Morgan fingerprint density at radius 3 is 0.789 bits per heavy atom. The van der Waals surface area contributed by atoms with Crippen LogP contribution in [0.25, 0.3) is 11.1 Å². The number of aliphatic hydroxyl groups is 2. The predicted octanol–water partition coefficient (Wildman–Crippen LogP) is 10.2. The molecule has 0 bridgehead atoms. The van der Waals surface area contributed by atoms with Gasteiger partial charge >= 0.3 is 0 Å². The third-order valence-electron chi connectivity index (χ3n) is 13.3. The van der Waals surface area contributed by atoms with Gasteiger partial charge in [-0.3, -0.25) is 0 Å². The van der Waals surface area contributed by atoms with E-state index in [1.807, 2.05) is 0 Å². The average molecular weight is 1170 g/mol. The molecule has 76 heavy (non-hydrogen) atoms. The second-order valence-corrected chi connectivity index (χ2v) is 17.4. The summed E-state index contributed by atoms with van der Waals surface area (Å²) < 4.78 is 323. The molecule has 0 spiro atoms. The van der Waals surface area contributed by atoms with E-state index in [4.69, 9.17) is 9.47 Å². The molecule has 26 heteroatoms. The molecule has 0 radical (unpaired) electrons. The number of unbranched alkanes of at least 4 members (excludes halogenated alkanes) is 2. The van der Waals surface area contributed by atoms with Gasteiger partial charge in [-0.2, -0.15) is 0 Å². The number of fused-ring (bicyclic) bond motifs is 3. The van der Waals surface area contributed by atoms with Gasteiger partial charge in [-0.15, -0.1) is 0 Å². The van der Waals surface area contributed by atoms with E-state index in [1.165, 1.54) is 0 Å². The van der Waals surface area contributed by atoms with E-state index >= 15 is 70.2 Å². The second kappa shape index (κ2) is 21.4. The molecule has 5 nitrogen and oxygen atoms in total. The molecule has 1 heterocycles. The maximum atomic E-state index is 16.4. The Morgan fingerprint density at radius 1 is 0.382 bits per heavy atom. The summed E-state index contributed by atoms with van der Waals surface area (Å²) in [5.74, 6) is -61.8. The molecule has 1 aliphatic rings. The van der Waals surface area contributed by atoms with Gasteiger partial charge in [-0.25, -0.2) is 87.8 Å². The fourth-order valence-corrected chi connectivity index (χ4v) is 9.77. The van der Waals surface area contributed by atoms with Crippen LogP contribution in [0.3, 0.4) is 0 Å². The zero-order chi connectivity index (χ0) is 55.9. The number of hydrogen-bond donors (Lipinski definition) is 2. The van der Waals surface area contributed by atoms with E-state index in [1.54, 1.807) is 13.8 Å². The molecule has 0 fully saturated rings. The standard InChI is InChI=1S/C50H34F20NO4.BrH/c1-5-7-13-71(14-8-6-2)15-17-19(49(72,25-29(51)37(59)45(67)38(60)30(25)52)26-31(53)39(61)46(68)40(62)32(26)54)9-11-21(74-3)23(17)24-18(16-71)20(10-12-22(24)75-4)50(73,27-33(55)41(63)47(69)42(64)34(27)56)28-35(57)43(65)48(70)44(66)36(28)58;/h9-12,72-73H,5-8,13-16H2,1-4H3;1H/q+1;/p-1. The van der Waals surface area contributed by atoms with Crippen LogP contribution in [0.5, 0.6) is 11.5 Å². The highest BCUT2D eigenvalue weighted by molar-refractivity contribution is 5.85. The van der Waals surface area contributed by atoms with Crippen LogP contribution in [0.1, 0.15) is 84.0 Å². The zero-order valence-corrected chi connectivity index (χ0v) is 40.6. The molecule has 6 aromatic carbocycles. The van der Waals surface area contributed by atoms with E-state index in [0.29, 0.717) is 24.3 Å². The second-order valence-electron chi connectivity index (χ2n) is 17.4. The molecule has 0 atom stereocenters. The Hall–Kier alpha value is -6.12. The van der Waals surface area contributed by atoms with Crippen LogP contribution in [0, 0.1) is 116 Å². The van der Waals surface area contributed by atoms with Gasteiger partial charge in [-0.1, -0.05) is 38.8 Å². The first kappa shape index (κ1) is 59.1. The molecule has 0 aliphatic carbocycles. The zero-order valence-electron chi connectivity index (χ0n) is 39.1. The fourth-order valence-electron chi connectivity index (χ4n) is 9.77. The van der Waals surface area contributed by atoms with E-state index in [9.17, 15) is 27.8 Å². The van der Waals surface area contributed by atoms with Crippen LogP contribution >= 0.6 is 0 Å². The van der Waals surface area contributed by atoms with Crippen molar-refractivity contribution in [3.63, 3.8) is 0 Å². The van der Waals surface area contributed by atoms with Crippen molar-refractivity contribution in [1.29, 1.82) is 0 Å². The first-order valence-electron chi connectivity index (χ1n) is 21.9. The van der Waals surface area contributed by atoms with Crippen LogP contribution < -0.4 is 26.5 Å². The lowest BCUT2D eigenvalue weighted by Gasteiger charge is -2.41. The predicted molar refractivity (Wildman–Crippen MR) is 221 cm³/mol. The van der Waals surface area contributed by atoms with Gasteiger partial charge < -0.3 is 41.2 Å². The molecular weight excluding hydrogens is 1140 g/mol. The molecular formula is C50H34BrF20NO4. The molecule has 0 saturated heterocycles. The molecule has 0 aromatic heterocycles. The maximum absolute atomic E-state index is 16.4. The summed E-state index contributed by atoms with van der Waals surface area (Å²) in [5, 5.41) is 25.9. The third-order valence-corrected chi connectivity index (χ3v) is 13.3. The van der Waals surface area contributed by atoms with Gasteiger partial charge in [0.05, 0.1) is 49.6 Å². The van der Waals surface area contributed by atoms with Crippen molar-refractivity contribution >= 4 is 0 Å². The highest BCUT2D eigenvalue weighted by Gasteiger charge is 2.54. The van der Waals surface area contributed by atoms with Crippen LogP contribution in [-0.2, 0) is 24.3 Å². The molecule has 0 unspecified atom stereocenters. The monoisotopic (exact) mass is 1170 g/mol. The lowest BCUT2D eigenvalue weighted by molar-refractivity contribution is -0.953. The van der Waals surface area contributed by atoms with Gasteiger partial charge in [0.1, 0.15) is 24.6 Å². The normalized spacial score (nSPS) is 13.3. The van der Waals surface area contributed by atoms with Gasteiger partial charge in [-0.05, 0) is 25.0 Å².